The Morgan fingerprint density at radius 1 is 0.537 bits per heavy atom. The fourth-order valence-corrected chi connectivity index (χ4v) is 10.4. The molecule has 41 heavy (non-hydrogen) atoms. The molecule has 0 saturated carbocycles. The SMILES string of the molecule is Cc1cccnc1-c1cc2c3c(c1)Oc1cc(-c4ccccc4)ccc1P3(=S)c1ccc(-c3ccccc3)cc1O2. The predicted molar refractivity (Wildman–Crippen MR) is 172 cm³/mol. The Bertz CT molecular complexity index is 1920. The molecule has 0 atom stereocenters. The molecule has 0 unspecified atom stereocenters. The lowest BCUT2D eigenvalue weighted by Crippen LogP contribution is -2.35. The summed E-state index contributed by atoms with van der Waals surface area (Å²) < 4.78 is 13.4. The summed E-state index contributed by atoms with van der Waals surface area (Å²) in [5, 5.41) is 3.09. The second-order valence-corrected chi connectivity index (χ2v) is 14.7. The number of benzene rings is 5. The zero-order valence-corrected chi connectivity index (χ0v) is 24.0. The third-order valence-electron chi connectivity index (χ3n) is 7.89. The van der Waals surface area contributed by atoms with E-state index in [0.29, 0.717) is 0 Å². The molecule has 5 heteroatoms. The summed E-state index contributed by atoms with van der Waals surface area (Å²) in [5.74, 6) is 3.12. The molecule has 1 aromatic heterocycles. The number of aryl methyl sites for hydroxylation is 1. The van der Waals surface area contributed by atoms with E-state index in [4.69, 9.17) is 26.3 Å². The van der Waals surface area contributed by atoms with Crippen LogP contribution in [0.2, 0.25) is 0 Å². The predicted octanol–water partition coefficient (Wildman–Crippen LogP) is 8.36. The number of hydrogen-bond acceptors (Lipinski definition) is 4. The van der Waals surface area contributed by atoms with Gasteiger partial charge >= 0.3 is 0 Å². The molecule has 0 spiro atoms. The van der Waals surface area contributed by atoms with Gasteiger partial charge in [0.15, 0.2) is 0 Å². The van der Waals surface area contributed by atoms with Crippen LogP contribution >= 0.6 is 6.04 Å². The molecule has 0 saturated heterocycles. The lowest BCUT2D eigenvalue weighted by molar-refractivity contribution is 0.467. The van der Waals surface area contributed by atoms with Crippen LogP contribution in [0, 0.1) is 6.92 Å². The van der Waals surface area contributed by atoms with E-state index in [0.717, 1.165) is 78.0 Å². The van der Waals surface area contributed by atoms with Crippen molar-refractivity contribution in [1.29, 1.82) is 0 Å². The van der Waals surface area contributed by atoms with E-state index in [1.807, 2.05) is 24.4 Å². The second kappa shape index (κ2) is 9.27. The lowest BCUT2D eigenvalue weighted by Gasteiger charge is -2.38. The quantitative estimate of drug-likeness (QED) is 0.202. The molecule has 6 aromatic rings. The second-order valence-electron chi connectivity index (χ2n) is 10.4. The summed E-state index contributed by atoms with van der Waals surface area (Å²) >= 11 is 6.80. The summed E-state index contributed by atoms with van der Waals surface area (Å²) in [4.78, 5) is 4.70. The zero-order chi connectivity index (χ0) is 27.6. The summed E-state index contributed by atoms with van der Waals surface area (Å²) in [6.07, 6.45) is 1.82. The van der Waals surface area contributed by atoms with Crippen LogP contribution < -0.4 is 25.4 Å². The highest BCUT2D eigenvalue weighted by atomic mass is 32.4. The third kappa shape index (κ3) is 3.79. The Hall–Kier alpha value is -4.50. The van der Waals surface area contributed by atoms with E-state index in [1.165, 1.54) is 0 Å². The Kier molecular flexibility index (Phi) is 5.50. The van der Waals surface area contributed by atoms with Gasteiger partial charge in [0.1, 0.15) is 23.0 Å². The molecule has 0 N–H and O–H groups in total. The van der Waals surface area contributed by atoms with Crippen LogP contribution in [-0.2, 0) is 11.8 Å². The highest BCUT2D eigenvalue weighted by Gasteiger charge is 2.43. The minimum atomic E-state index is -2.50. The Labute approximate surface area is 244 Å². The first kappa shape index (κ1) is 24.3. The molecule has 0 aliphatic carbocycles. The third-order valence-corrected chi connectivity index (χ3v) is 12.8. The van der Waals surface area contributed by atoms with Crippen LogP contribution in [-0.4, -0.2) is 4.98 Å². The average molecular weight is 566 g/mol. The van der Waals surface area contributed by atoms with E-state index in [1.54, 1.807) is 0 Å². The summed E-state index contributed by atoms with van der Waals surface area (Å²) in [7, 11) is 0. The zero-order valence-electron chi connectivity index (χ0n) is 22.2. The van der Waals surface area contributed by atoms with Crippen molar-refractivity contribution in [3.8, 4) is 56.5 Å². The van der Waals surface area contributed by atoms with Gasteiger partial charge in [-0.05, 0) is 77.2 Å². The Morgan fingerprint density at radius 2 is 1.05 bits per heavy atom. The van der Waals surface area contributed by atoms with Gasteiger partial charge in [-0.25, -0.2) is 0 Å². The Morgan fingerprint density at radius 3 is 1.56 bits per heavy atom. The lowest BCUT2D eigenvalue weighted by atomic mass is 10.0. The van der Waals surface area contributed by atoms with Gasteiger partial charge in [0.2, 0.25) is 0 Å². The van der Waals surface area contributed by atoms with Crippen LogP contribution in [0.15, 0.2) is 128 Å². The summed E-state index contributed by atoms with van der Waals surface area (Å²) in [6, 6.07) is 39.4. The molecule has 3 nitrogen and oxygen atoms in total. The average Bonchev–Trinajstić information content (AvgIpc) is 3.01. The van der Waals surface area contributed by atoms with E-state index in [9.17, 15) is 0 Å². The number of nitrogens with zero attached hydrogens (tertiary/aromatic N) is 1. The maximum absolute atomic E-state index is 6.80. The van der Waals surface area contributed by atoms with Crippen LogP contribution in [0.25, 0.3) is 33.5 Å². The topological polar surface area (TPSA) is 31.4 Å². The van der Waals surface area contributed by atoms with Gasteiger partial charge < -0.3 is 9.47 Å². The molecule has 2 aliphatic heterocycles. The van der Waals surface area contributed by atoms with Gasteiger partial charge in [-0.15, -0.1) is 0 Å². The highest BCUT2D eigenvalue weighted by Crippen LogP contribution is 2.59. The van der Waals surface area contributed by atoms with Crippen LogP contribution in [0.1, 0.15) is 5.56 Å². The van der Waals surface area contributed by atoms with Gasteiger partial charge in [0.05, 0.1) is 17.0 Å². The van der Waals surface area contributed by atoms with Crippen LogP contribution in [0.5, 0.6) is 23.0 Å². The number of aromatic nitrogens is 1. The van der Waals surface area contributed by atoms with E-state index in [-0.39, 0.29) is 0 Å². The fraction of sp³-hybridized carbons (Fsp3) is 0.0278. The number of ether oxygens (including phenoxy) is 2. The minimum absolute atomic E-state index is 0.751. The van der Waals surface area contributed by atoms with E-state index in [2.05, 4.69) is 110 Å². The molecular formula is C36H24NO2PS. The number of hydrogen-bond donors (Lipinski definition) is 0. The maximum atomic E-state index is 6.80. The molecule has 3 heterocycles. The molecule has 8 rings (SSSR count). The van der Waals surface area contributed by atoms with Crippen molar-refractivity contribution < 1.29 is 9.47 Å². The van der Waals surface area contributed by atoms with Crippen molar-refractivity contribution >= 4 is 33.8 Å². The van der Waals surface area contributed by atoms with Gasteiger partial charge in [-0.2, -0.15) is 0 Å². The molecule has 2 aliphatic rings. The normalized spacial score (nSPS) is 13.7. The molecule has 0 fully saturated rings. The van der Waals surface area contributed by atoms with Crippen molar-refractivity contribution in [1.82, 2.24) is 4.98 Å². The highest BCUT2D eigenvalue weighted by molar-refractivity contribution is 8.26. The van der Waals surface area contributed by atoms with Crippen molar-refractivity contribution in [2.75, 3.05) is 0 Å². The van der Waals surface area contributed by atoms with Gasteiger partial charge in [0.25, 0.3) is 0 Å². The smallest absolute Gasteiger partial charge is 0.140 e. The molecule has 0 radical (unpaired) electrons. The van der Waals surface area contributed by atoms with Gasteiger partial charge in [-0.3, -0.25) is 4.98 Å². The van der Waals surface area contributed by atoms with Crippen LogP contribution in [0.4, 0.5) is 0 Å². The molecule has 0 bridgehead atoms. The fourth-order valence-electron chi connectivity index (χ4n) is 5.91. The molecule has 196 valence electrons. The standard InChI is InChI=1S/C36H24NO2PS/c1-23-9-8-18-37-35(23)28-21-31-36-32(22-28)39-30-20-27(25-12-6-3-7-13-25)15-17-34(30)40(36,41)33-16-14-26(19-29(33)38-31)24-10-4-2-5-11-24/h2-22H,1H3. The molecule has 0 amide bonds. The molecule has 5 aromatic carbocycles. The van der Waals surface area contributed by atoms with E-state index >= 15 is 0 Å². The first-order valence-electron chi connectivity index (χ1n) is 13.6. The summed E-state index contributed by atoms with van der Waals surface area (Å²) in [5.41, 5.74) is 7.41. The van der Waals surface area contributed by atoms with Crippen LogP contribution in [0.3, 0.4) is 0 Å². The van der Waals surface area contributed by atoms with Gasteiger partial charge in [0, 0.05) is 22.4 Å². The van der Waals surface area contributed by atoms with Crippen molar-refractivity contribution in [2.45, 2.75) is 6.92 Å². The number of fused-ring (bicyclic) bond motifs is 4. The Balaban J connectivity index is 1.38. The first-order valence-corrected chi connectivity index (χ1v) is 16.4. The number of rotatable bonds is 3. The van der Waals surface area contributed by atoms with Crippen molar-refractivity contribution in [3.63, 3.8) is 0 Å². The molecular weight excluding hydrogens is 541 g/mol. The monoisotopic (exact) mass is 565 g/mol. The van der Waals surface area contributed by atoms with E-state index < -0.39 is 6.04 Å². The first-order chi connectivity index (χ1) is 20.1. The van der Waals surface area contributed by atoms with Gasteiger partial charge in [-0.1, -0.05) is 90.7 Å². The maximum Gasteiger partial charge on any atom is 0.140 e. The van der Waals surface area contributed by atoms with Crippen molar-refractivity contribution in [2.24, 2.45) is 0 Å². The minimum Gasteiger partial charge on any atom is -0.456 e. The number of pyridine rings is 1. The largest absolute Gasteiger partial charge is 0.456 e. The van der Waals surface area contributed by atoms with Crippen molar-refractivity contribution in [3.05, 3.63) is 133 Å². The summed E-state index contributed by atoms with van der Waals surface area (Å²) in [6.45, 7) is 2.07.